The summed E-state index contributed by atoms with van der Waals surface area (Å²) in [6.45, 7) is 9.64. The Morgan fingerprint density at radius 1 is 1.18 bits per heavy atom. The summed E-state index contributed by atoms with van der Waals surface area (Å²) in [7, 11) is 0. The van der Waals surface area contributed by atoms with Crippen LogP contribution in [-0.2, 0) is 0 Å². The second-order valence-corrected chi connectivity index (χ2v) is 5.49. The predicted octanol–water partition coefficient (Wildman–Crippen LogP) is 2.92. The van der Waals surface area contributed by atoms with E-state index in [-0.39, 0.29) is 0 Å². The van der Waals surface area contributed by atoms with E-state index >= 15 is 0 Å². The first-order valence-electron chi connectivity index (χ1n) is 7.22. The van der Waals surface area contributed by atoms with Gasteiger partial charge in [0.2, 0.25) is 0 Å². The highest BCUT2D eigenvalue weighted by Crippen LogP contribution is 2.37. The van der Waals surface area contributed by atoms with Crippen LogP contribution in [0.3, 0.4) is 0 Å². The first-order chi connectivity index (χ1) is 8.20. The van der Waals surface area contributed by atoms with Crippen molar-refractivity contribution in [2.45, 2.75) is 59.3 Å². The van der Waals surface area contributed by atoms with Gasteiger partial charge in [-0.05, 0) is 31.6 Å². The molecule has 0 aromatic rings. The van der Waals surface area contributed by atoms with Crippen molar-refractivity contribution in [3.05, 3.63) is 0 Å². The van der Waals surface area contributed by atoms with Gasteiger partial charge in [-0.2, -0.15) is 0 Å². The zero-order chi connectivity index (χ0) is 12.6. The number of hydrogen-bond donors (Lipinski definition) is 2. The molecule has 1 aliphatic carbocycles. The molecule has 0 radical (unpaired) electrons. The monoisotopic (exact) mass is 239 g/mol. The van der Waals surface area contributed by atoms with E-state index in [4.69, 9.17) is 4.99 Å². The number of rotatable bonds is 6. The molecule has 17 heavy (non-hydrogen) atoms. The summed E-state index contributed by atoms with van der Waals surface area (Å²) < 4.78 is 0. The summed E-state index contributed by atoms with van der Waals surface area (Å²) in [6.07, 6.45) is 7.87. The van der Waals surface area contributed by atoms with E-state index in [0.717, 1.165) is 25.6 Å². The minimum atomic E-state index is 0.451. The van der Waals surface area contributed by atoms with Gasteiger partial charge in [0.25, 0.3) is 0 Å². The summed E-state index contributed by atoms with van der Waals surface area (Å²) >= 11 is 0. The van der Waals surface area contributed by atoms with Gasteiger partial charge >= 0.3 is 0 Å². The van der Waals surface area contributed by atoms with Crippen molar-refractivity contribution in [2.75, 3.05) is 19.6 Å². The SMILES string of the molecule is CCCCNC(=NCC1(C)CCCC1)NCC. The quantitative estimate of drug-likeness (QED) is 0.425. The highest BCUT2D eigenvalue weighted by Gasteiger charge is 2.28. The van der Waals surface area contributed by atoms with Gasteiger partial charge in [-0.25, -0.2) is 0 Å². The molecule has 100 valence electrons. The third kappa shape index (κ3) is 5.42. The second-order valence-electron chi connectivity index (χ2n) is 5.49. The normalized spacial score (nSPS) is 19.4. The van der Waals surface area contributed by atoms with Crippen LogP contribution in [0.4, 0.5) is 0 Å². The highest BCUT2D eigenvalue weighted by molar-refractivity contribution is 5.79. The van der Waals surface area contributed by atoms with Crippen molar-refractivity contribution in [3.63, 3.8) is 0 Å². The number of unbranched alkanes of at least 4 members (excludes halogenated alkanes) is 1. The molecule has 0 spiro atoms. The molecular weight excluding hydrogens is 210 g/mol. The lowest BCUT2D eigenvalue weighted by Gasteiger charge is -2.21. The van der Waals surface area contributed by atoms with E-state index in [9.17, 15) is 0 Å². The van der Waals surface area contributed by atoms with Crippen LogP contribution in [0, 0.1) is 5.41 Å². The van der Waals surface area contributed by atoms with Crippen LogP contribution >= 0.6 is 0 Å². The van der Waals surface area contributed by atoms with Crippen molar-refractivity contribution in [1.82, 2.24) is 10.6 Å². The summed E-state index contributed by atoms with van der Waals surface area (Å²) in [6, 6.07) is 0. The third-order valence-electron chi connectivity index (χ3n) is 3.60. The molecule has 0 atom stereocenters. The Bertz CT molecular complexity index is 230. The fraction of sp³-hybridized carbons (Fsp3) is 0.929. The highest BCUT2D eigenvalue weighted by atomic mass is 15.2. The lowest BCUT2D eigenvalue weighted by molar-refractivity contribution is 0.350. The maximum Gasteiger partial charge on any atom is 0.191 e. The molecule has 0 unspecified atom stereocenters. The Hall–Kier alpha value is -0.730. The zero-order valence-electron chi connectivity index (χ0n) is 11.8. The zero-order valence-corrected chi connectivity index (χ0v) is 11.8. The van der Waals surface area contributed by atoms with Crippen molar-refractivity contribution in [1.29, 1.82) is 0 Å². The first kappa shape index (κ1) is 14.3. The van der Waals surface area contributed by atoms with Gasteiger partial charge in [0.1, 0.15) is 0 Å². The first-order valence-corrected chi connectivity index (χ1v) is 7.22. The molecule has 0 aromatic heterocycles. The molecule has 2 N–H and O–H groups in total. The molecule has 0 heterocycles. The summed E-state index contributed by atoms with van der Waals surface area (Å²) in [5, 5.41) is 6.72. The van der Waals surface area contributed by atoms with E-state index < -0.39 is 0 Å². The Kier molecular flexibility index (Phi) is 6.38. The summed E-state index contributed by atoms with van der Waals surface area (Å²) in [5.74, 6) is 0.995. The number of hydrogen-bond acceptors (Lipinski definition) is 1. The summed E-state index contributed by atoms with van der Waals surface area (Å²) in [5.41, 5.74) is 0.451. The average Bonchev–Trinajstić information content (AvgIpc) is 2.74. The molecular formula is C14H29N3. The van der Waals surface area contributed by atoms with Gasteiger partial charge in [0.15, 0.2) is 5.96 Å². The van der Waals surface area contributed by atoms with Crippen LogP contribution in [0.25, 0.3) is 0 Å². The van der Waals surface area contributed by atoms with Crippen molar-refractivity contribution in [2.24, 2.45) is 10.4 Å². The lowest BCUT2D eigenvalue weighted by atomic mass is 9.89. The Labute approximate surface area is 106 Å². The van der Waals surface area contributed by atoms with E-state index in [1.165, 1.54) is 38.5 Å². The molecule has 0 bridgehead atoms. The van der Waals surface area contributed by atoms with Crippen LogP contribution in [0.15, 0.2) is 4.99 Å². The fourth-order valence-corrected chi connectivity index (χ4v) is 2.38. The molecule has 1 fully saturated rings. The van der Waals surface area contributed by atoms with Crippen LogP contribution in [0.2, 0.25) is 0 Å². The maximum absolute atomic E-state index is 4.73. The van der Waals surface area contributed by atoms with Crippen LogP contribution in [0.5, 0.6) is 0 Å². The Balaban J connectivity index is 2.38. The third-order valence-corrected chi connectivity index (χ3v) is 3.60. The number of nitrogens with one attached hydrogen (secondary N) is 2. The fourth-order valence-electron chi connectivity index (χ4n) is 2.38. The van der Waals surface area contributed by atoms with Gasteiger partial charge in [0, 0.05) is 19.6 Å². The largest absolute Gasteiger partial charge is 0.357 e. The standard InChI is InChI=1S/C14H29N3/c1-4-6-11-16-13(15-5-2)17-12-14(3)9-7-8-10-14/h4-12H2,1-3H3,(H2,15,16,17). The minimum Gasteiger partial charge on any atom is -0.357 e. The number of aliphatic imine (C=N–C) groups is 1. The number of nitrogens with zero attached hydrogens (tertiary/aromatic N) is 1. The van der Waals surface area contributed by atoms with Gasteiger partial charge in [0.05, 0.1) is 0 Å². The van der Waals surface area contributed by atoms with Gasteiger partial charge in [-0.3, -0.25) is 4.99 Å². The molecule has 3 nitrogen and oxygen atoms in total. The Morgan fingerprint density at radius 3 is 2.47 bits per heavy atom. The number of guanidine groups is 1. The average molecular weight is 239 g/mol. The molecule has 0 saturated heterocycles. The summed E-state index contributed by atoms with van der Waals surface area (Å²) in [4.78, 5) is 4.73. The molecule has 0 aromatic carbocycles. The smallest absolute Gasteiger partial charge is 0.191 e. The molecule has 1 saturated carbocycles. The molecule has 1 aliphatic rings. The van der Waals surface area contributed by atoms with Gasteiger partial charge in [-0.15, -0.1) is 0 Å². The molecule has 0 amide bonds. The molecule has 0 aliphatic heterocycles. The van der Waals surface area contributed by atoms with E-state index in [2.05, 4.69) is 31.4 Å². The van der Waals surface area contributed by atoms with E-state index in [1.807, 2.05) is 0 Å². The van der Waals surface area contributed by atoms with Crippen molar-refractivity contribution in [3.8, 4) is 0 Å². The van der Waals surface area contributed by atoms with Gasteiger partial charge < -0.3 is 10.6 Å². The van der Waals surface area contributed by atoms with E-state index in [1.54, 1.807) is 0 Å². The minimum absolute atomic E-state index is 0.451. The van der Waals surface area contributed by atoms with E-state index in [0.29, 0.717) is 5.41 Å². The lowest BCUT2D eigenvalue weighted by Crippen LogP contribution is -2.38. The van der Waals surface area contributed by atoms with Crippen molar-refractivity contribution >= 4 is 5.96 Å². The second kappa shape index (κ2) is 7.57. The molecule has 1 rings (SSSR count). The van der Waals surface area contributed by atoms with Crippen LogP contribution in [0.1, 0.15) is 59.3 Å². The topological polar surface area (TPSA) is 36.4 Å². The maximum atomic E-state index is 4.73. The van der Waals surface area contributed by atoms with Crippen LogP contribution in [-0.4, -0.2) is 25.6 Å². The predicted molar refractivity (Wildman–Crippen MR) is 75.5 cm³/mol. The van der Waals surface area contributed by atoms with Crippen molar-refractivity contribution < 1.29 is 0 Å². The van der Waals surface area contributed by atoms with Gasteiger partial charge in [-0.1, -0.05) is 33.1 Å². The Morgan fingerprint density at radius 2 is 1.88 bits per heavy atom. The molecule has 3 heteroatoms. The van der Waals surface area contributed by atoms with Crippen LogP contribution < -0.4 is 10.6 Å².